The van der Waals surface area contributed by atoms with Gasteiger partial charge in [0.1, 0.15) is 36.0 Å². The van der Waals surface area contributed by atoms with Crippen molar-refractivity contribution in [1.82, 2.24) is 0 Å². The second-order valence-electron chi connectivity index (χ2n) is 10.7. The van der Waals surface area contributed by atoms with E-state index in [2.05, 4.69) is 9.47 Å². The Bertz CT molecular complexity index is 1260. The molecule has 1 aliphatic heterocycles. The van der Waals surface area contributed by atoms with Crippen molar-refractivity contribution in [3.05, 3.63) is 94.7 Å². The Morgan fingerprint density at radius 3 is 1.58 bits per heavy atom. The van der Waals surface area contributed by atoms with Gasteiger partial charge in [-0.1, -0.05) is 24.3 Å². The summed E-state index contributed by atoms with van der Waals surface area (Å²) in [6.45, 7) is 2.09. The summed E-state index contributed by atoms with van der Waals surface area (Å²) in [4.78, 5) is 0. The molecule has 234 valence electrons. The van der Waals surface area contributed by atoms with E-state index in [9.17, 15) is 41.8 Å². The van der Waals surface area contributed by atoms with E-state index >= 15 is 0 Å². The monoisotopic (exact) mass is 615 g/mol. The third-order valence-electron chi connectivity index (χ3n) is 7.30. The van der Waals surface area contributed by atoms with E-state index in [1.807, 2.05) is 0 Å². The van der Waals surface area contributed by atoms with Crippen LogP contribution in [0.4, 0.5) is 26.3 Å². The fraction of sp³-hybridized carbons (Fsp3) is 0.400. The number of piperidine rings is 1. The van der Waals surface area contributed by atoms with Gasteiger partial charge in [0.05, 0.1) is 19.2 Å². The van der Waals surface area contributed by atoms with Gasteiger partial charge in [-0.15, -0.1) is 26.3 Å². The highest BCUT2D eigenvalue weighted by Gasteiger charge is 2.44. The van der Waals surface area contributed by atoms with Crippen LogP contribution in [0.5, 0.6) is 17.2 Å². The maximum atomic E-state index is 13.6. The fourth-order valence-corrected chi connectivity index (χ4v) is 5.31. The van der Waals surface area contributed by atoms with Gasteiger partial charge in [0.25, 0.3) is 0 Å². The SMILES string of the molecule is CC(O)COc1ccc(C[N+]2([O-])CCC(C(O)(c3ccc(OC(F)(F)F)cc3)c3ccc(OC(F)(F)F)cc3)CC2)cc1. The average Bonchev–Trinajstić information content (AvgIpc) is 2.91. The number of ether oxygens (including phenoxy) is 3. The van der Waals surface area contributed by atoms with Gasteiger partial charge in [0, 0.05) is 24.3 Å². The van der Waals surface area contributed by atoms with Crippen LogP contribution in [0.25, 0.3) is 0 Å². The predicted molar refractivity (Wildman–Crippen MR) is 143 cm³/mol. The van der Waals surface area contributed by atoms with Crippen molar-refractivity contribution < 1.29 is 55.4 Å². The van der Waals surface area contributed by atoms with E-state index in [0.29, 0.717) is 5.75 Å². The van der Waals surface area contributed by atoms with Crippen LogP contribution in [-0.2, 0) is 12.1 Å². The topological polar surface area (TPSA) is 91.2 Å². The molecule has 3 aromatic rings. The Morgan fingerprint density at radius 2 is 1.19 bits per heavy atom. The minimum Gasteiger partial charge on any atom is -0.633 e. The number of nitrogens with zero attached hydrogens (tertiary/aromatic N) is 1. The van der Waals surface area contributed by atoms with Crippen LogP contribution in [0, 0.1) is 11.1 Å². The Balaban J connectivity index is 1.55. The molecule has 1 fully saturated rings. The van der Waals surface area contributed by atoms with Crippen molar-refractivity contribution in [1.29, 1.82) is 0 Å². The number of hydrogen-bond acceptors (Lipinski definition) is 6. The minimum atomic E-state index is -4.92. The second-order valence-corrected chi connectivity index (χ2v) is 10.7. The summed E-state index contributed by atoms with van der Waals surface area (Å²) in [5, 5.41) is 35.1. The number of hydroxylamine groups is 3. The Kier molecular flexibility index (Phi) is 9.50. The molecule has 0 aliphatic carbocycles. The minimum absolute atomic E-state index is 0.109. The van der Waals surface area contributed by atoms with Gasteiger partial charge < -0.3 is 34.3 Å². The van der Waals surface area contributed by atoms with Gasteiger partial charge in [-0.2, -0.15) is 0 Å². The summed E-state index contributed by atoms with van der Waals surface area (Å²) in [5.41, 5.74) is -0.708. The van der Waals surface area contributed by atoms with Crippen molar-refractivity contribution >= 4 is 0 Å². The second kappa shape index (κ2) is 12.6. The summed E-state index contributed by atoms with van der Waals surface area (Å²) in [7, 11) is 0. The zero-order valence-corrected chi connectivity index (χ0v) is 23.1. The van der Waals surface area contributed by atoms with Gasteiger partial charge >= 0.3 is 12.7 Å². The molecule has 0 spiro atoms. The first kappa shape index (κ1) is 32.4. The molecule has 13 heteroatoms. The summed E-state index contributed by atoms with van der Waals surface area (Å²) in [5.74, 6) is -1.06. The van der Waals surface area contributed by atoms with Crippen LogP contribution < -0.4 is 14.2 Å². The first-order valence-corrected chi connectivity index (χ1v) is 13.5. The van der Waals surface area contributed by atoms with E-state index in [1.54, 1.807) is 31.2 Å². The van der Waals surface area contributed by atoms with Crippen molar-refractivity contribution in [2.45, 2.75) is 50.7 Å². The first-order chi connectivity index (χ1) is 20.0. The lowest BCUT2D eigenvalue weighted by Gasteiger charge is -2.50. The van der Waals surface area contributed by atoms with Crippen LogP contribution in [0.15, 0.2) is 72.8 Å². The summed E-state index contributed by atoms with van der Waals surface area (Å²) in [6, 6.07) is 16.1. The number of rotatable bonds is 10. The van der Waals surface area contributed by atoms with Gasteiger partial charge in [-0.25, -0.2) is 0 Å². The van der Waals surface area contributed by atoms with Crippen LogP contribution in [0.2, 0.25) is 0 Å². The van der Waals surface area contributed by atoms with Crippen molar-refractivity contribution in [3.63, 3.8) is 0 Å². The number of aliphatic hydroxyl groups excluding tert-OH is 1. The zero-order chi connectivity index (χ0) is 31.5. The molecule has 3 aromatic carbocycles. The quantitative estimate of drug-likeness (QED) is 0.156. The first-order valence-electron chi connectivity index (χ1n) is 13.5. The standard InChI is InChI=1S/C30H31F6NO6/c1-20(38)19-41-25-8-2-21(3-9-25)18-37(40)16-14-24(15-17-37)28(39,22-4-10-26(11-5-22)42-29(31,32)33)23-6-12-27(13-7-23)43-30(34,35)36/h2-13,20,24,38-39H,14-19H2,1H3. The molecule has 4 rings (SSSR count). The summed E-state index contributed by atoms with van der Waals surface area (Å²) < 4.78 is 88.9. The molecule has 0 radical (unpaired) electrons. The van der Waals surface area contributed by atoms with E-state index < -0.39 is 46.5 Å². The van der Waals surface area contributed by atoms with Crippen LogP contribution >= 0.6 is 0 Å². The number of likely N-dealkylation sites (tertiary alicyclic amines) is 1. The Morgan fingerprint density at radius 1 is 0.767 bits per heavy atom. The van der Waals surface area contributed by atoms with Crippen molar-refractivity contribution in [2.24, 2.45) is 5.92 Å². The largest absolute Gasteiger partial charge is 0.633 e. The molecule has 0 bridgehead atoms. The zero-order valence-electron chi connectivity index (χ0n) is 23.1. The molecule has 0 aromatic heterocycles. The van der Waals surface area contributed by atoms with Gasteiger partial charge in [-0.05, 0) is 66.6 Å². The molecular weight excluding hydrogens is 584 g/mol. The molecule has 1 aliphatic rings. The number of benzene rings is 3. The number of quaternary nitrogens is 1. The highest BCUT2D eigenvalue weighted by atomic mass is 19.4. The Labute approximate surface area is 244 Å². The number of hydrogen-bond donors (Lipinski definition) is 2. The highest BCUT2D eigenvalue weighted by molar-refractivity contribution is 5.42. The molecule has 1 saturated heterocycles. The molecular formula is C30H31F6NO6. The van der Waals surface area contributed by atoms with Gasteiger partial charge in [-0.3, -0.25) is 0 Å². The van der Waals surface area contributed by atoms with Gasteiger partial charge in [0.2, 0.25) is 0 Å². The smallest absolute Gasteiger partial charge is 0.573 e. The molecule has 7 nitrogen and oxygen atoms in total. The van der Waals surface area contributed by atoms with Crippen molar-refractivity contribution in [3.8, 4) is 17.2 Å². The van der Waals surface area contributed by atoms with E-state index in [4.69, 9.17) is 4.74 Å². The van der Waals surface area contributed by atoms with E-state index in [0.717, 1.165) is 29.8 Å². The fourth-order valence-electron chi connectivity index (χ4n) is 5.31. The lowest BCUT2D eigenvalue weighted by atomic mass is 9.72. The third-order valence-corrected chi connectivity index (χ3v) is 7.30. The van der Waals surface area contributed by atoms with Gasteiger partial charge in [0.15, 0.2) is 0 Å². The third kappa shape index (κ3) is 8.75. The number of aliphatic hydroxyl groups is 2. The predicted octanol–water partition coefficient (Wildman–Crippen LogP) is 6.40. The van der Waals surface area contributed by atoms with Crippen LogP contribution in [0.1, 0.15) is 36.5 Å². The maximum Gasteiger partial charge on any atom is 0.573 e. The molecule has 0 saturated carbocycles. The van der Waals surface area contributed by atoms with E-state index in [-0.39, 0.29) is 50.2 Å². The lowest BCUT2D eigenvalue weighted by Crippen LogP contribution is -2.51. The molecule has 1 atom stereocenters. The van der Waals surface area contributed by atoms with Crippen LogP contribution in [-0.4, -0.2) is 53.4 Å². The number of alkyl halides is 6. The molecule has 2 N–H and O–H groups in total. The van der Waals surface area contributed by atoms with E-state index in [1.165, 1.54) is 24.3 Å². The Hall–Kier alpha value is -3.52. The molecule has 43 heavy (non-hydrogen) atoms. The number of halogens is 6. The normalized spacial score (nSPS) is 20.4. The highest BCUT2D eigenvalue weighted by Crippen LogP contribution is 2.44. The maximum absolute atomic E-state index is 13.6. The molecule has 1 unspecified atom stereocenters. The van der Waals surface area contributed by atoms with Crippen molar-refractivity contribution in [2.75, 3.05) is 19.7 Å². The summed E-state index contributed by atoms with van der Waals surface area (Å²) >= 11 is 0. The lowest BCUT2D eigenvalue weighted by molar-refractivity contribution is -0.900. The van der Waals surface area contributed by atoms with Crippen LogP contribution in [0.3, 0.4) is 0 Å². The molecule has 1 heterocycles. The summed E-state index contributed by atoms with van der Waals surface area (Å²) in [6.07, 6.45) is -10.0. The average molecular weight is 616 g/mol. The molecule has 0 amide bonds.